The van der Waals surface area contributed by atoms with Gasteiger partial charge in [-0.2, -0.15) is 5.26 Å². The van der Waals surface area contributed by atoms with Crippen LogP contribution in [0.3, 0.4) is 0 Å². The lowest BCUT2D eigenvalue weighted by atomic mass is 10.3. The van der Waals surface area contributed by atoms with Gasteiger partial charge in [0.15, 0.2) is 0 Å². The summed E-state index contributed by atoms with van der Waals surface area (Å²) in [6.45, 7) is 3.61. The lowest BCUT2D eigenvalue weighted by Gasteiger charge is -2.17. The Morgan fingerprint density at radius 3 is 3.16 bits per heavy atom. The van der Waals surface area contributed by atoms with Gasteiger partial charge in [0.25, 0.3) is 5.88 Å². The van der Waals surface area contributed by atoms with Crippen LogP contribution in [0, 0.1) is 11.3 Å². The molecule has 2 rings (SSSR count). The molecule has 1 unspecified atom stereocenters. The van der Waals surface area contributed by atoms with Gasteiger partial charge >= 0.3 is 6.03 Å². The van der Waals surface area contributed by atoms with Gasteiger partial charge in [-0.25, -0.2) is 14.8 Å². The summed E-state index contributed by atoms with van der Waals surface area (Å²) in [5, 5.41) is 11.6. The fourth-order valence-corrected chi connectivity index (χ4v) is 1.92. The normalized spacial score (nSPS) is 17.9. The summed E-state index contributed by atoms with van der Waals surface area (Å²) < 4.78 is 5.64. The lowest BCUT2D eigenvalue weighted by Crippen LogP contribution is -2.39. The summed E-state index contributed by atoms with van der Waals surface area (Å²) in [7, 11) is 0. The molecule has 2 amide bonds. The minimum atomic E-state index is -0.147. The van der Waals surface area contributed by atoms with E-state index in [4.69, 9.17) is 10.00 Å². The van der Waals surface area contributed by atoms with Crippen molar-refractivity contribution < 1.29 is 9.53 Å². The molecule has 1 aliphatic heterocycles. The summed E-state index contributed by atoms with van der Waals surface area (Å²) in [5.74, 6) is 0.229. The van der Waals surface area contributed by atoms with Crippen molar-refractivity contribution in [2.24, 2.45) is 0 Å². The number of hydrogen-bond acceptors (Lipinski definition) is 5. The molecule has 0 spiro atoms. The summed E-state index contributed by atoms with van der Waals surface area (Å²) in [6.07, 6.45) is 3.50. The Labute approximate surface area is 111 Å². The largest absolute Gasteiger partial charge is 0.470 e. The van der Waals surface area contributed by atoms with Gasteiger partial charge in [-0.1, -0.05) is 0 Å². The lowest BCUT2D eigenvalue weighted by molar-refractivity contribution is 0.182. The van der Waals surface area contributed by atoms with Crippen LogP contribution in [0.1, 0.15) is 19.0 Å². The second-order valence-electron chi connectivity index (χ2n) is 4.13. The molecule has 0 aliphatic carbocycles. The quantitative estimate of drug-likeness (QED) is 0.857. The molecular formula is C12H15N5O2. The maximum atomic E-state index is 11.6. The molecule has 2 heterocycles. The van der Waals surface area contributed by atoms with Gasteiger partial charge in [-0.15, -0.1) is 0 Å². The van der Waals surface area contributed by atoms with Gasteiger partial charge in [0.1, 0.15) is 12.2 Å². The molecular weight excluding hydrogens is 246 g/mol. The third-order valence-corrected chi connectivity index (χ3v) is 2.81. The molecule has 1 aromatic rings. The Morgan fingerprint density at radius 2 is 2.42 bits per heavy atom. The van der Waals surface area contributed by atoms with Gasteiger partial charge in [0.2, 0.25) is 5.69 Å². The first-order valence-electron chi connectivity index (χ1n) is 6.15. The van der Waals surface area contributed by atoms with Crippen LogP contribution in [-0.4, -0.2) is 46.6 Å². The molecule has 19 heavy (non-hydrogen) atoms. The molecule has 0 aromatic carbocycles. The van der Waals surface area contributed by atoms with E-state index >= 15 is 0 Å². The van der Waals surface area contributed by atoms with Crippen molar-refractivity contribution >= 4 is 6.03 Å². The van der Waals surface area contributed by atoms with E-state index in [9.17, 15) is 4.79 Å². The molecule has 0 bridgehead atoms. The van der Waals surface area contributed by atoms with Gasteiger partial charge in [0.05, 0.1) is 6.54 Å². The van der Waals surface area contributed by atoms with Crippen molar-refractivity contribution in [2.75, 3.05) is 19.6 Å². The number of urea groups is 1. The van der Waals surface area contributed by atoms with E-state index in [0.29, 0.717) is 19.6 Å². The predicted molar refractivity (Wildman–Crippen MR) is 66.4 cm³/mol. The third kappa shape index (κ3) is 3.10. The molecule has 1 aromatic heterocycles. The number of nitriles is 1. The Morgan fingerprint density at radius 1 is 1.63 bits per heavy atom. The average Bonchev–Trinajstić information content (AvgIpc) is 2.88. The van der Waals surface area contributed by atoms with E-state index in [1.807, 2.05) is 13.0 Å². The fraction of sp³-hybridized carbons (Fsp3) is 0.500. The van der Waals surface area contributed by atoms with Crippen molar-refractivity contribution in [3.63, 3.8) is 0 Å². The van der Waals surface area contributed by atoms with E-state index in [-0.39, 0.29) is 23.7 Å². The third-order valence-electron chi connectivity index (χ3n) is 2.81. The fourth-order valence-electron chi connectivity index (χ4n) is 1.92. The first-order chi connectivity index (χ1) is 9.24. The van der Waals surface area contributed by atoms with Crippen molar-refractivity contribution in [3.8, 4) is 11.9 Å². The number of amides is 2. The molecule has 1 aliphatic rings. The average molecular weight is 261 g/mol. The Balaban J connectivity index is 1.95. The second-order valence-corrected chi connectivity index (χ2v) is 4.13. The topological polar surface area (TPSA) is 91.1 Å². The zero-order valence-corrected chi connectivity index (χ0v) is 10.7. The highest BCUT2D eigenvalue weighted by molar-refractivity contribution is 5.74. The summed E-state index contributed by atoms with van der Waals surface area (Å²) in [6, 6.07) is 1.84. The minimum Gasteiger partial charge on any atom is -0.470 e. The zero-order chi connectivity index (χ0) is 13.7. The number of aromatic nitrogens is 2. The number of likely N-dealkylation sites (tertiary alicyclic amines) is 1. The van der Waals surface area contributed by atoms with Gasteiger partial charge in [0, 0.05) is 31.9 Å². The first-order valence-corrected chi connectivity index (χ1v) is 6.15. The highest BCUT2D eigenvalue weighted by Gasteiger charge is 2.28. The number of nitrogens with one attached hydrogen (secondary N) is 1. The standard InChI is InChI=1S/C12H15N5O2/c1-2-14-12(18)17-6-3-9(8-17)19-11-10(7-13)15-4-5-16-11/h4-5,9H,2-3,6,8H2,1H3,(H,14,18). The molecule has 1 fully saturated rings. The van der Waals surface area contributed by atoms with Crippen LogP contribution < -0.4 is 10.1 Å². The summed E-state index contributed by atoms with van der Waals surface area (Å²) >= 11 is 0. The van der Waals surface area contributed by atoms with Gasteiger partial charge in [-0.05, 0) is 6.92 Å². The SMILES string of the molecule is CCNC(=O)N1CCC(Oc2nccnc2C#N)C1. The highest BCUT2D eigenvalue weighted by Crippen LogP contribution is 2.18. The van der Waals surface area contributed by atoms with Crippen LogP contribution in [-0.2, 0) is 0 Å². The molecule has 7 heteroatoms. The van der Waals surface area contributed by atoms with Crippen molar-refractivity contribution in [2.45, 2.75) is 19.4 Å². The van der Waals surface area contributed by atoms with Crippen LogP contribution in [0.4, 0.5) is 4.79 Å². The number of rotatable bonds is 3. The van der Waals surface area contributed by atoms with E-state index in [1.54, 1.807) is 4.90 Å². The number of carbonyl (C=O) groups excluding carboxylic acids is 1. The van der Waals surface area contributed by atoms with E-state index in [2.05, 4.69) is 15.3 Å². The van der Waals surface area contributed by atoms with Crippen molar-refractivity contribution in [1.82, 2.24) is 20.2 Å². The molecule has 100 valence electrons. The van der Waals surface area contributed by atoms with Crippen molar-refractivity contribution in [3.05, 3.63) is 18.1 Å². The Bertz CT molecular complexity index is 499. The van der Waals surface area contributed by atoms with Crippen LogP contribution in [0.2, 0.25) is 0 Å². The summed E-state index contributed by atoms with van der Waals surface area (Å²) in [4.78, 5) is 21.2. The Hall–Kier alpha value is -2.36. The smallest absolute Gasteiger partial charge is 0.317 e. The van der Waals surface area contributed by atoms with Crippen LogP contribution in [0.5, 0.6) is 5.88 Å². The second kappa shape index (κ2) is 6.00. The van der Waals surface area contributed by atoms with Crippen LogP contribution in [0.25, 0.3) is 0 Å². The van der Waals surface area contributed by atoms with Crippen LogP contribution in [0.15, 0.2) is 12.4 Å². The van der Waals surface area contributed by atoms with E-state index in [1.165, 1.54) is 12.4 Å². The molecule has 1 atom stereocenters. The van der Waals surface area contributed by atoms with Crippen molar-refractivity contribution in [1.29, 1.82) is 5.26 Å². The van der Waals surface area contributed by atoms with E-state index in [0.717, 1.165) is 6.42 Å². The number of hydrogen-bond donors (Lipinski definition) is 1. The van der Waals surface area contributed by atoms with Crippen LogP contribution >= 0.6 is 0 Å². The van der Waals surface area contributed by atoms with Gasteiger partial charge in [-0.3, -0.25) is 0 Å². The highest BCUT2D eigenvalue weighted by atomic mass is 16.5. The van der Waals surface area contributed by atoms with E-state index < -0.39 is 0 Å². The molecule has 0 saturated carbocycles. The predicted octanol–water partition coefficient (Wildman–Crippen LogP) is 0.531. The first kappa shape index (κ1) is 13.1. The molecule has 1 saturated heterocycles. The Kier molecular flexibility index (Phi) is 4.13. The maximum absolute atomic E-state index is 11.6. The molecule has 7 nitrogen and oxygen atoms in total. The minimum absolute atomic E-state index is 0.0896. The molecule has 0 radical (unpaired) electrons. The maximum Gasteiger partial charge on any atom is 0.317 e. The number of nitrogens with zero attached hydrogens (tertiary/aromatic N) is 4. The molecule has 1 N–H and O–H groups in total. The number of carbonyl (C=O) groups is 1. The number of ether oxygens (including phenoxy) is 1. The monoisotopic (exact) mass is 261 g/mol. The summed E-state index contributed by atoms with van der Waals surface area (Å²) in [5.41, 5.74) is 0.166. The van der Waals surface area contributed by atoms with Gasteiger partial charge < -0.3 is 15.0 Å². The zero-order valence-electron chi connectivity index (χ0n) is 10.7.